The number of aliphatic hydroxyl groups excluding tert-OH is 1. The molecule has 1 heterocycles. The lowest BCUT2D eigenvalue weighted by molar-refractivity contribution is -0.275. The summed E-state index contributed by atoms with van der Waals surface area (Å²) in [4.78, 5) is 2.03. The van der Waals surface area contributed by atoms with E-state index in [4.69, 9.17) is 9.47 Å². The molecule has 0 aromatic heterocycles. The molecular formula is C20H25NO4. The number of hydrogen-bond acceptors (Lipinski definition) is 5. The first-order valence-electron chi connectivity index (χ1n) is 8.62. The molecular weight excluding hydrogens is 318 g/mol. The number of nitrogens with zero attached hydrogens (tertiary/aromatic N) is 1. The average molecular weight is 343 g/mol. The van der Waals surface area contributed by atoms with Crippen molar-refractivity contribution >= 4 is 0 Å². The molecule has 2 aromatic rings. The van der Waals surface area contributed by atoms with E-state index >= 15 is 0 Å². The van der Waals surface area contributed by atoms with Gasteiger partial charge in [-0.05, 0) is 36.8 Å². The highest BCUT2D eigenvalue weighted by Gasteiger charge is 2.43. The number of hydrogen-bond donors (Lipinski definition) is 2. The van der Waals surface area contributed by atoms with Crippen molar-refractivity contribution in [2.24, 2.45) is 0 Å². The van der Waals surface area contributed by atoms with Crippen LogP contribution in [0.4, 0.5) is 0 Å². The minimum absolute atomic E-state index is 0.0622. The van der Waals surface area contributed by atoms with E-state index in [0.29, 0.717) is 31.9 Å². The van der Waals surface area contributed by atoms with E-state index in [0.717, 1.165) is 11.3 Å². The Hall–Kier alpha value is -1.92. The van der Waals surface area contributed by atoms with Crippen molar-refractivity contribution in [1.82, 2.24) is 4.90 Å². The van der Waals surface area contributed by atoms with Gasteiger partial charge in [0, 0.05) is 18.7 Å². The maximum atomic E-state index is 11.0. The van der Waals surface area contributed by atoms with Crippen LogP contribution in [0, 0.1) is 0 Å². The summed E-state index contributed by atoms with van der Waals surface area (Å²) >= 11 is 0. The Kier molecular flexibility index (Phi) is 5.71. The van der Waals surface area contributed by atoms with Gasteiger partial charge in [-0.25, -0.2) is 0 Å². The van der Waals surface area contributed by atoms with Gasteiger partial charge in [0.05, 0.1) is 19.3 Å². The van der Waals surface area contributed by atoms with E-state index in [1.165, 1.54) is 0 Å². The Morgan fingerprint density at radius 2 is 1.88 bits per heavy atom. The van der Waals surface area contributed by atoms with Crippen LogP contribution in [0.3, 0.4) is 0 Å². The third kappa shape index (κ3) is 4.02. The quantitative estimate of drug-likeness (QED) is 0.841. The molecule has 1 saturated heterocycles. The van der Waals surface area contributed by atoms with Crippen LogP contribution in [-0.2, 0) is 17.1 Å². The molecule has 134 valence electrons. The van der Waals surface area contributed by atoms with Crippen molar-refractivity contribution in [3.8, 4) is 5.75 Å². The number of aliphatic hydroxyl groups is 2. The maximum Gasteiger partial charge on any atom is 0.208 e. The second-order valence-corrected chi connectivity index (χ2v) is 6.28. The first kappa shape index (κ1) is 17.9. The van der Waals surface area contributed by atoms with Crippen molar-refractivity contribution in [2.75, 3.05) is 26.3 Å². The molecule has 3 rings (SSSR count). The van der Waals surface area contributed by atoms with E-state index in [9.17, 15) is 10.2 Å². The lowest BCUT2D eigenvalue weighted by Crippen LogP contribution is -2.57. The zero-order valence-electron chi connectivity index (χ0n) is 14.5. The first-order chi connectivity index (χ1) is 12.1. The Morgan fingerprint density at radius 1 is 1.16 bits per heavy atom. The summed E-state index contributed by atoms with van der Waals surface area (Å²) in [6.07, 6.45) is 0. The second-order valence-electron chi connectivity index (χ2n) is 6.28. The number of benzene rings is 2. The van der Waals surface area contributed by atoms with Gasteiger partial charge in [-0.3, -0.25) is 4.90 Å². The number of rotatable bonds is 6. The second kappa shape index (κ2) is 7.97. The normalized spacial score (nSPS) is 24.2. The molecule has 2 aromatic carbocycles. The standard InChI is InChI=1S/C20H25NO4/c1-16-20(23,25-14-12-21(16)11-13-22)18-7-9-19(10-8-18)24-15-17-5-3-2-4-6-17/h2-10,16,22-23H,11-15H2,1H3. The molecule has 1 aliphatic rings. The Balaban J connectivity index is 1.68. The van der Waals surface area contributed by atoms with E-state index in [1.807, 2.05) is 66.4 Å². The minimum atomic E-state index is -1.38. The molecule has 1 fully saturated rings. The van der Waals surface area contributed by atoms with Gasteiger partial charge in [0.15, 0.2) is 0 Å². The van der Waals surface area contributed by atoms with Gasteiger partial charge in [0.2, 0.25) is 5.79 Å². The molecule has 0 spiro atoms. The molecule has 0 aliphatic carbocycles. The van der Waals surface area contributed by atoms with Crippen molar-refractivity contribution in [1.29, 1.82) is 0 Å². The highest BCUT2D eigenvalue weighted by Crippen LogP contribution is 2.33. The monoisotopic (exact) mass is 343 g/mol. The summed E-state index contributed by atoms with van der Waals surface area (Å²) < 4.78 is 11.5. The van der Waals surface area contributed by atoms with Crippen LogP contribution in [0.2, 0.25) is 0 Å². The topological polar surface area (TPSA) is 62.2 Å². The smallest absolute Gasteiger partial charge is 0.208 e. The largest absolute Gasteiger partial charge is 0.489 e. The number of morpholine rings is 1. The van der Waals surface area contributed by atoms with Crippen LogP contribution in [0.5, 0.6) is 5.75 Å². The van der Waals surface area contributed by atoms with Crippen LogP contribution in [0.25, 0.3) is 0 Å². The van der Waals surface area contributed by atoms with Gasteiger partial charge in [-0.15, -0.1) is 0 Å². The van der Waals surface area contributed by atoms with Crippen LogP contribution in [0.1, 0.15) is 18.1 Å². The van der Waals surface area contributed by atoms with E-state index < -0.39 is 5.79 Å². The highest BCUT2D eigenvalue weighted by molar-refractivity contribution is 5.31. The zero-order valence-corrected chi connectivity index (χ0v) is 14.5. The Bertz CT molecular complexity index is 659. The van der Waals surface area contributed by atoms with Crippen molar-refractivity contribution in [3.05, 3.63) is 65.7 Å². The summed E-state index contributed by atoms with van der Waals surface area (Å²) in [5, 5.41) is 20.2. The molecule has 2 unspecified atom stereocenters. The highest BCUT2D eigenvalue weighted by atomic mass is 16.6. The van der Waals surface area contributed by atoms with Gasteiger partial charge in [0.1, 0.15) is 12.4 Å². The van der Waals surface area contributed by atoms with Crippen molar-refractivity contribution in [2.45, 2.75) is 25.4 Å². The summed E-state index contributed by atoms with van der Waals surface area (Å²) in [5.41, 5.74) is 1.80. The molecule has 1 aliphatic heterocycles. The third-order valence-electron chi connectivity index (χ3n) is 4.72. The molecule has 0 radical (unpaired) electrons. The van der Waals surface area contributed by atoms with Crippen molar-refractivity contribution < 1.29 is 19.7 Å². The number of ether oxygens (including phenoxy) is 2. The SMILES string of the molecule is CC1N(CCO)CCOC1(O)c1ccc(OCc2ccccc2)cc1. The van der Waals surface area contributed by atoms with Gasteiger partial charge in [-0.2, -0.15) is 0 Å². The van der Waals surface area contributed by atoms with E-state index in [2.05, 4.69) is 0 Å². The maximum absolute atomic E-state index is 11.0. The average Bonchev–Trinajstić information content (AvgIpc) is 2.65. The third-order valence-corrected chi connectivity index (χ3v) is 4.72. The summed E-state index contributed by atoms with van der Waals surface area (Å²) in [7, 11) is 0. The fourth-order valence-electron chi connectivity index (χ4n) is 3.17. The fraction of sp³-hybridized carbons (Fsp3) is 0.400. The summed E-state index contributed by atoms with van der Waals surface area (Å²) in [5.74, 6) is -0.641. The Labute approximate surface area is 148 Å². The van der Waals surface area contributed by atoms with Crippen LogP contribution in [-0.4, -0.2) is 47.5 Å². The van der Waals surface area contributed by atoms with Crippen LogP contribution < -0.4 is 4.74 Å². The molecule has 5 heteroatoms. The van der Waals surface area contributed by atoms with Crippen molar-refractivity contribution in [3.63, 3.8) is 0 Å². The summed E-state index contributed by atoms with van der Waals surface area (Å²) in [6, 6.07) is 17.1. The predicted octanol–water partition coefficient (Wildman–Crippen LogP) is 2.12. The van der Waals surface area contributed by atoms with Crippen LogP contribution in [0.15, 0.2) is 54.6 Å². The number of β-amino-alcohol motifs (C(OH)–C–C–N with tert-alkyl or cyclic N) is 1. The summed E-state index contributed by atoms with van der Waals surface area (Å²) in [6.45, 7) is 4.11. The lowest BCUT2D eigenvalue weighted by atomic mass is 9.96. The molecule has 2 N–H and O–H groups in total. The molecule has 2 atom stereocenters. The van der Waals surface area contributed by atoms with E-state index in [-0.39, 0.29) is 12.6 Å². The molecule has 0 bridgehead atoms. The lowest BCUT2D eigenvalue weighted by Gasteiger charge is -2.45. The van der Waals surface area contributed by atoms with Gasteiger partial charge in [-0.1, -0.05) is 30.3 Å². The van der Waals surface area contributed by atoms with Gasteiger partial charge in [0.25, 0.3) is 0 Å². The Morgan fingerprint density at radius 3 is 2.56 bits per heavy atom. The molecule has 0 saturated carbocycles. The fourth-order valence-corrected chi connectivity index (χ4v) is 3.17. The van der Waals surface area contributed by atoms with Gasteiger partial charge >= 0.3 is 0 Å². The molecule has 5 nitrogen and oxygen atoms in total. The van der Waals surface area contributed by atoms with Crippen LogP contribution >= 0.6 is 0 Å². The molecule has 0 amide bonds. The van der Waals surface area contributed by atoms with Gasteiger partial charge < -0.3 is 19.7 Å². The predicted molar refractivity (Wildman–Crippen MR) is 95.2 cm³/mol. The first-order valence-corrected chi connectivity index (χ1v) is 8.62. The minimum Gasteiger partial charge on any atom is -0.489 e. The van der Waals surface area contributed by atoms with E-state index in [1.54, 1.807) is 0 Å². The molecule has 25 heavy (non-hydrogen) atoms. The zero-order chi connectivity index (χ0) is 17.7.